The zero-order chi connectivity index (χ0) is 20.7. The minimum atomic E-state index is -0.171. The Labute approximate surface area is 180 Å². The van der Waals surface area contributed by atoms with Crippen LogP contribution in [-0.4, -0.2) is 24.0 Å². The molecule has 30 heavy (non-hydrogen) atoms. The van der Waals surface area contributed by atoms with Crippen LogP contribution in [0.2, 0.25) is 0 Å². The fraction of sp³-hybridized carbons (Fsp3) is 0.846. The second-order valence-electron chi connectivity index (χ2n) is 12.0. The lowest BCUT2D eigenvalue weighted by Gasteiger charge is -2.58. The summed E-state index contributed by atoms with van der Waals surface area (Å²) in [6.45, 7) is 4.74. The van der Waals surface area contributed by atoms with E-state index in [-0.39, 0.29) is 28.8 Å². The number of carbonyl (C=O) groups excluding carboxylic acids is 2. The minimum absolute atomic E-state index is 0.0262. The summed E-state index contributed by atoms with van der Waals surface area (Å²) >= 11 is 0. The van der Waals surface area contributed by atoms with Gasteiger partial charge in [-0.2, -0.15) is 0 Å². The Morgan fingerprint density at radius 1 is 1.03 bits per heavy atom. The first kappa shape index (κ1) is 19.4. The summed E-state index contributed by atoms with van der Waals surface area (Å²) in [5, 5.41) is 3.53. The molecular formula is C26H37NO3. The molecule has 6 aliphatic rings. The van der Waals surface area contributed by atoms with E-state index < -0.39 is 0 Å². The third kappa shape index (κ3) is 2.64. The third-order valence-electron chi connectivity index (χ3n) is 10.9. The smallest absolute Gasteiger partial charge is 0.330 e. The molecule has 0 saturated heterocycles. The molecule has 10 atom stereocenters. The molecule has 1 heterocycles. The summed E-state index contributed by atoms with van der Waals surface area (Å²) in [5.74, 6) is 3.87. The van der Waals surface area contributed by atoms with E-state index in [4.69, 9.17) is 4.74 Å². The number of fused-ring (bicyclic) bond motifs is 7. The van der Waals surface area contributed by atoms with E-state index in [9.17, 15) is 9.59 Å². The summed E-state index contributed by atoms with van der Waals surface area (Å²) in [6, 6.07) is 0.451. The predicted molar refractivity (Wildman–Crippen MR) is 114 cm³/mol. The van der Waals surface area contributed by atoms with Crippen molar-refractivity contribution in [1.82, 2.24) is 5.32 Å². The molecule has 2 bridgehead atoms. The van der Waals surface area contributed by atoms with Crippen LogP contribution in [0.4, 0.5) is 0 Å². The zero-order valence-corrected chi connectivity index (χ0v) is 18.6. The highest BCUT2D eigenvalue weighted by molar-refractivity contribution is 5.83. The molecule has 1 aliphatic heterocycles. The molecule has 0 aromatic rings. The minimum Gasteiger partial charge on any atom is -0.458 e. The van der Waals surface area contributed by atoms with Gasteiger partial charge in [-0.25, -0.2) is 4.79 Å². The van der Waals surface area contributed by atoms with Crippen molar-refractivity contribution in [3.05, 3.63) is 12.2 Å². The topological polar surface area (TPSA) is 55.4 Å². The Hall–Kier alpha value is -1.32. The molecule has 0 aromatic carbocycles. The first-order chi connectivity index (χ1) is 14.4. The highest BCUT2D eigenvalue weighted by Gasteiger charge is 2.61. The van der Waals surface area contributed by atoms with Crippen molar-refractivity contribution in [2.24, 2.45) is 46.3 Å². The summed E-state index contributed by atoms with van der Waals surface area (Å²) in [5.41, 5.74) is 0.114. The van der Waals surface area contributed by atoms with Gasteiger partial charge < -0.3 is 10.1 Å². The van der Waals surface area contributed by atoms with Crippen LogP contribution in [-0.2, 0) is 14.3 Å². The van der Waals surface area contributed by atoms with E-state index in [1.807, 2.05) is 0 Å². The van der Waals surface area contributed by atoms with Crippen LogP contribution in [0.5, 0.6) is 0 Å². The van der Waals surface area contributed by atoms with Gasteiger partial charge in [-0.1, -0.05) is 26.3 Å². The molecule has 4 nitrogen and oxygen atoms in total. The molecule has 5 saturated carbocycles. The fourth-order valence-corrected chi connectivity index (χ4v) is 9.34. The Morgan fingerprint density at radius 3 is 2.67 bits per heavy atom. The van der Waals surface area contributed by atoms with Gasteiger partial charge >= 0.3 is 5.97 Å². The Balaban J connectivity index is 1.20. The van der Waals surface area contributed by atoms with Crippen LogP contribution in [0.3, 0.4) is 0 Å². The van der Waals surface area contributed by atoms with Crippen LogP contribution in [0.15, 0.2) is 12.2 Å². The first-order valence-electron chi connectivity index (χ1n) is 12.6. The maximum atomic E-state index is 13.4. The van der Waals surface area contributed by atoms with E-state index in [1.54, 1.807) is 6.08 Å². The molecular weight excluding hydrogens is 374 g/mol. The second-order valence-corrected chi connectivity index (χ2v) is 12.0. The molecule has 1 N–H and O–H groups in total. The lowest BCUT2D eigenvalue weighted by Crippen LogP contribution is -2.56. The second kappa shape index (κ2) is 6.59. The SMILES string of the molecule is C[C@]12C=CC(=O)O[C@@H]1CC[C@@H]1[C@@H]2CC[C@]2(C)[C@@H](C(=O)NC3CC4CCC3C4)CC[C@@H]12. The lowest BCUT2D eigenvalue weighted by atomic mass is 9.48. The molecule has 5 fully saturated rings. The maximum Gasteiger partial charge on any atom is 0.330 e. The van der Waals surface area contributed by atoms with Crippen molar-refractivity contribution in [1.29, 1.82) is 0 Å². The molecule has 1 amide bonds. The fourth-order valence-electron chi connectivity index (χ4n) is 9.34. The van der Waals surface area contributed by atoms with Gasteiger partial charge in [0, 0.05) is 23.5 Å². The molecule has 0 aromatic heterocycles. The van der Waals surface area contributed by atoms with Crippen molar-refractivity contribution in [2.75, 3.05) is 0 Å². The van der Waals surface area contributed by atoms with Crippen molar-refractivity contribution < 1.29 is 14.3 Å². The number of ether oxygens (including phenoxy) is 1. The molecule has 5 aliphatic carbocycles. The van der Waals surface area contributed by atoms with Crippen LogP contribution in [0, 0.1) is 46.3 Å². The van der Waals surface area contributed by atoms with Gasteiger partial charge in [-0.05, 0) is 92.8 Å². The van der Waals surface area contributed by atoms with Gasteiger partial charge in [0.1, 0.15) is 6.10 Å². The number of hydrogen-bond acceptors (Lipinski definition) is 3. The van der Waals surface area contributed by atoms with Crippen LogP contribution in [0.1, 0.15) is 78.1 Å². The number of nitrogens with one attached hydrogen (secondary N) is 1. The Bertz CT molecular complexity index is 791. The highest BCUT2D eigenvalue weighted by Crippen LogP contribution is 2.65. The number of rotatable bonds is 2. The van der Waals surface area contributed by atoms with Crippen molar-refractivity contribution in [2.45, 2.75) is 90.2 Å². The van der Waals surface area contributed by atoms with Crippen molar-refractivity contribution >= 4 is 11.9 Å². The van der Waals surface area contributed by atoms with Gasteiger partial charge in [0.25, 0.3) is 0 Å². The molecule has 164 valence electrons. The lowest BCUT2D eigenvalue weighted by molar-refractivity contribution is -0.168. The average molecular weight is 412 g/mol. The van der Waals surface area contributed by atoms with Gasteiger partial charge in [-0.15, -0.1) is 0 Å². The largest absolute Gasteiger partial charge is 0.458 e. The number of hydrogen-bond donors (Lipinski definition) is 1. The van der Waals surface area contributed by atoms with Gasteiger partial charge in [0.2, 0.25) is 5.91 Å². The maximum absolute atomic E-state index is 13.4. The normalized spacial score (nSPS) is 53.6. The van der Waals surface area contributed by atoms with Gasteiger partial charge in [0.15, 0.2) is 0 Å². The van der Waals surface area contributed by atoms with E-state index in [2.05, 4.69) is 25.2 Å². The zero-order valence-electron chi connectivity index (χ0n) is 18.6. The van der Waals surface area contributed by atoms with Crippen molar-refractivity contribution in [3.8, 4) is 0 Å². The predicted octanol–water partition coefficient (Wildman–Crippen LogP) is 4.63. The van der Waals surface area contributed by atoms with Crippen molar-refractivity contribution in [3.63, 3.8) is 0 Å². The van der Waals surface area contributed by atoms with Crippen LogP contribution < -0.4 is 5.32 Å². The summed E-state index contributed by atoms with van der Waals surface area (Å²) in [6.07, 6.45) is 15.8. The molecule has 0 spiro atoms. The number of amides is 1. The van der Waals surface area contributed by atoms with E-state index in [1.165, 1.54) is 32.1 Å². The molecule has 3 unspecified atom stereocenters. The standard InChI is InChI=1S/C26H37NO3/c1-25-11-9-19-17(5-8-22-26(19,2)12-10-23(28)30-22)18(25)6-7-20(25)24(29)27-21-14-15-3-4-16(21)13-15/h10,12,15-22H,3-9,11,13-14H2,1-2H3,(H,27,29)/t15?,16?,17-,18-,19-,20+,21?,22+,25-,26+/m0/s1. The average Bonchev–Trinajstić information content (AvgIpc) is 3.42. The summed E-state index contributed by atoms with van der Waals surface area (Å²) in [4.78, 5) is 25.3. The Kier molecular flexibility index (Phi) is 4.26. The van der Waals surface area contributed by atoms with E-state index >= 15 is 0 Å². The van der Waals surface area contributed by atoms with Crippen LogP contribution >= 0.6 is 0 Å². The molecule has 4 heteroatoms. The Morgan fingerprint density at radius 2 is 1.90 bits per heavy atom. The van der Waals surface area contributed by atoms with Gasteiger partial charge in [0.05, 0.1) is 0 Å². The third-order valence-corrected chi connectivity index (χ3v) is 10.9. The molecule has 0 radical (unpaired) electrons. The highest BCUT2D eigenvalue weighted by atomic mass is 16.5. The van der Waals surface area contributed by atoms with Crippen LogP contribution in [0.25, 0.3) is 0 Å². The number of carbonyl (C=O) groups is 2. The summed E-state index contributed by atoms with van der Waals surface area (Å²) < 4.78 is 5.75. The van der Waals surface area contributed by atoms with E-state index in [0.29, 0.717) is 29.7 Å². The quantitative estimate of drug-likeness (QED) is 0.674. The van der Waals surface area contributed by atoms with Gasteiger partial charge in [-0.3, -0.25) is 4.79 Å². The first-order valence-corrected chi connectivity index (χ1v) is 12.6. The summed E-state index contributed by atoms with van der Waals surface area (Å²) in [7, 11) is 0. The monoisotopic (exact) mass is 411 g/mol. The molecule has 6 rings (SSSR count). The number of esters is 1. The van der Waals surface area contributed by atoms with E-state index in [0.717, 1.165) is 43.9 Å².